The molecule has 0 aliphatic heterocycles. The van der Waals surface area contributed by atoms with E-state index in [1.54, 1.807) is 11.9 Å². The van der Waals surface area contributed by atoms with Crippen molar-refractivity contribution in [2.75, 3.05) is 11.9 Å². The van der Waals surface area contributed by atoms with Crippen molar-refractivity contribution < 1.29 is 9.32 Å². The van der Waals surface area contributed by atoms with Gasteiger partial charge in [0.2, 0.25) is 0 Å². The van der Waals surface area contributed by atoms with Crippen molar-refractivity contribution in [1.82, 2.24) is 5.16 Å². The number of benzene rings is 2. The quantitative estimate of drug-likeness (QED) is 0.727. The number of carbonyl (C=O) groups excluding carboxylic acids is 1. The van der Waals surface area contributed by atoms with E-state index in [0.29, 0.717) is 11.3 Å². The highest BCUT2D eigenvalue weighted by Gasteiger charge is 2.21. The van der Waals surface area contributed by atoms with Crippen LogP contribution in [-0.4, -0.2) is 18.1 Å². The van der Waals surface area contributed by atoms with E-state index in [9.17, 15) is 4.79 Å². The van der Waals surface area contributed by atoms with Crippen LogP contribution in [0.1, 0.15) is 21.5 Å². The third-order valence-corrected chi connectivity index (χ3v) is 4.03. The Hall–Kier alpha value is -2.88. The molecule has 116 valence electrons. The van der Waals surface area contributed by atoms with E-state index in [0.717, 1.165) is 16.8 Å². The minimum absolute atomic E-state index is 0.145. The van der Waals surface area contributed by atoms with E-state index in [-0.39, 0.29) is 5.91 Å². The molecule has 0 atom stereocenters. The van der Waals surface area contributed by atoms with Gasteiger partial charge in [0.25, 0.3) is 5.91 Å². The van der Waals surface area contributed by atoms with E-state index in [4.69, 9.17) is 4.52 Å². The van der Waals surface area contributed by atoms with Crippen LogP contribution in [-0.2, 0) is 0 Å². The Bertz CT molecular complexity index is 838. The van der Waals surface area contributed by atoms with Crippen LogP contribution in [0.3, 0.4) is 0 Å². The van der Waals surface area contributed by atoms with Crippen LogP contribution in [0.2, 0.25) is 0 Å². The Morgan fingerprint density at radius 3 is 2.48 bits per heavy atom. The first kappa shape index (κ1) is 15.0. The van der Waals surface area contributed by atoms with E-state index in [1.807, 2.05) is 55.5 Å². The fourth-order valence-corrected chi connectivity index (χ4v) is 2.42. The van der Waals surface area contributed by atoms with Crippen LogP contribution in [0, 0.1) is 13.8 Å². The molecule has 0 radical (unpaired) electrons. The van der Waals surface area contributed by atoms with Crippen LogP contribution >= 0.6 is 0 Å². The summed E-state index contributed by atoms with van der Waals surface area (Å²) in [6.45, 7) is 4.08. The largest absolute Gasteiger partial charge is 0.363 e. The summed E-state index contributed by atoms with van der Waals surface area (Å²) in [7, 11) is 1.76. The number of nitrogens with zero attached hydrogens (tertiary/aromatic N) is 2. The summed E-state index contributed by atoms with van der Waals surface area (Å²) in [5, 5.41) is 3.99. The van der Waals surface area contributed by atoms with E-state index in [2.05, 4.69) is 12.1 Å². The highest BCUT2D eigenvalue weighted by atomic mass is 16.5. The Morgan fingerprint density at radius 1 is 1.04 bits per heavy atom. The lowest BCUT2D eigenvalue weighted by Gasteiger charge is -2.18. The molecule has 1 amide bonds. The Balaban J connectivity index is 1.95. The molecule has 4 nitrogen and oxygen atoms in total. The van der Waals surface area contributed by atoms with Crippen LogP contribution in [0.4, 0.5) is 5.69 Å². The molecule has 0 fully saturated rings. The average molecular weight is 306 g/mol. The zero-order chi connectivity index (χ0) is 16.4. The zero-order valence-corrected chi connectivity index (χ0v) is 13.4. The van der Waals surface area contributed by atoms with Gasteiger partial charge in [0.05, 0.1) is 0 Å². The summed E-state index contributed by atoms with van der Waals surface area (Å²) >= 11 is 0. The molecule has 0 saturated carbocycles. The number of rotatable bonds is 3. The minimum atomic E-state index is -0.145. The number of carbonyl (C=O) groups is 1. The standard InChI is InChI=1S/C19H18N2O2/c1-13-9-10-16(11-14(13)2)21(3)19(22)17-12-23-20-18(17)15-7-5-4-6-8-15/h4-12H,1-3H3. The highest BCUT2D eigenvalue weighted by Crippen LogP contribution is 2.25. The molecule has 0 aliphatic carbocycles. The van der Waals surface area contributed by atoms with Crippen LogP contribution in [0.25, 0.3) is 11.3 Å². The first-order chi connectivity index (χ1) is 11.1. The second-order valence-corrected chi connectivity index (χ2v) is 5.58. The number of hydrogen-bond acceptors (Lipinski definition) is 3. The van der Waals surface area contributed by atoms with Crippen LogP contribution < -0.4 is 4.90 Å². The molecule has 2 aromatic carbocycles. The first-order valence-electron chi connectivity index (χ1n) is 7.43. The number of aromatic nitrogens is 1. The SMILES string of the molecule is Cc1ccc(N(C)C(=O)c2conc2-c2ccccc2)cc1C. The second-order valence-electron chi connectivity index (χ2n) is 5.58. The van der Waals surface area contributed by atoms with Gasteiger partial charge >= 0.3 is 0 Å². The normalized spacial score (nSPS) is 10.6. The molecule has 4 heteroatoms. The maximum absolute atomic E-state index is 12.8. The van der Waals surface area contributed by atoms with Crippen molar-refractivity contribution in [2.45, 2.75) is 13.8 Å². The van der Waals surface area contributed by atoms with Gasteiger partial charge in [0.1, 0.15) is 17.5 Å². The molecule has 1 aromatic heterocycles. The molecule has 1 heterocycles. The maximum atomic E-state index is 12.8. The summed E-state index contributed by atoms with van der Waals surface area (Å²) in [5.74, 6) is -0.145. The number of aryl methyl sites for hydroxylation is 2. The molecule has 0 N–H and O–H groups in total. The van der Waals surface area contributed by atoms with Gasteiger partial charge in [-0.05, 0) is 37.1 Å². The molecule has 23 heavy (non-hydrogen) atoms. The van der Waals surface area contributed by atoms with Crippen molar-refractivity contribution in [3.05, 3.63) is 71.5 Å². The predicted molar refractivity (Wildman–Crippen MR) is 90.6 cm³/mol. The first-order valence-corrected chi connectivity index (χ1v) is 7.43. The van der Waals surface area contributed by atoms with Crippen LogP contribution in [0.15, 0.2) is 59.3 Å². The summed E-state index contributed by atoms with van der Waals surface area (Å²) in [5.41, 5.74) is 5.07. The fourth-order valence-electron chi connectivity index (χ4n) is 2.42. The summed E-state index contributed by atoms with van der Waals surface area (Å²) < 4.78 is 5.05. The third-order valence-electron chi connectivity index (χ3n) is 4.03. The molecule has 0 unspecified atom stereocenters. The Labute approximate surface area is 135 Å². The number of hydrogen-bond donors (Lipinski definition) is 0. The fraction of sp³-hybridized carbons (Fsp3) is 0.158. The molecule has 0 spiro atoms. The number of amides is 1. The molecule has 0 bridgehead atoms. The zero-order valence-electron chi connectivity index (χ0n) is 13.4. The third kappa shape index (κ3) is 2.88. The van der Waals surface area contributed by atoms with Gasteiger partial charge in [-0.1, -0.05) is 41.6 Å². The molecule has 0 aliphatic rings. The van der Waals surface area contributed by atoms with Gasteiger partial charge in [-0.25, -0.2) is 0 Å². The van der Waals surface area contributed by atoms with Crippen molar-refractivity contribution in [1.29, 1.82) is 0 Å². The maximum Gasteiger partial charge on any atom is 0.263 e. The van der Waals surface area contributed by atoms with E-state index < -0.39 is 0 Å². The molecule has 0 saturated heterocycles. The highest BCUT2D eigenvalue weighted by molar-refractivity contribution is 6.09. The van der Waals surface area contributed by atoms with Crippen molar-refractivity contribution in [3.63, 3.8) is 0 Å². The van der Waals surface area contributed by atoms with Gasteiger partial charge in [0, 0.05) is 18.3 Å². The van der Waals surface area contributed by atoms with Gasteiger partial charge in [-0.3, -0.25) is 4.79 Å². The smallest absolute Gasteiger partial charge is 0.263 e. The minimum Gasteiger partial charge on any atom is -0.363 e. The topological polar surface area (TPSA) is 46.3 Å². The van der Waals surface area contributed by atoms with Gasteiger partial charge in [-0.2, -0.15) is 0 Å². The second kappa shape index (κ2) is 6.08. The van der Waals surface area contributed by atoms with Gasteiger partial charge in [-0.15, -0.1) is 0 Å². The predicted octanol–water partition coefficient (Wildman–Crippen LogP) is 4.24. The summed E-state index contributed by atoms with van der Waals surface area (Å²) in [6, 6.07) is 15.5. The number of anilines is 1. The Kier molecular flexibility index (Phi) is 3.98. The molecular formula is C19H18N2O2. The average Bonchev–Trinajstić information content (AvgIpc) is 3.06. The lowest BCUT2D eigenvalue weighted by molar-refractivity contribution is 0.0993. The van der Waals surface area contributed by atoms with Gasteiger partial charge < -0.3 is 9.42 Å². The van der Waals surface area contributed by atoms with Crippen molar-refractivity contribution in [2.24, 2.45) is 0 Å². The molecule has 3 aromatic rings. The van der Waals surface area contributed by atoms with Gasteiger partial charge in [0.15, 0.2) is 0 Å². The monoisotopic (exact) mass is 306 g/mol. The van der Waals surface area contributed by atoms with Crippen LogP contribution in [0.5, 0.6) is 0 Å². The van der Waals surface area contributed by atoms with E-state index in [1.165, 1.54) is 11.8 Å². The lowest BCUT2D eigenvalue weighted by atomic mass is 10.1. The van der Waals surface area contributed by atoms with Crippen molar-refractivity contribution in [3.8, 4) is 11.3 Å². The van der Waals surface area contributed by atoms with E-state index >= 15 is 0 Å². The van der Waals surface area contributed by atoms with Crippen molar-refractivity contribution >= 4 is 11.6 Å². The summed E-state index contributed by atoms with van der Waals surface area (Å²) in [4.78, 5) is 14.4. The Morgan fingerprint density at radius 2 is 1.78 bits per heavy atom. The molecule has 3 rings (SSSR count). The summed E-state index contributed by atoms with van der Waals surface area (Å²) in [6.07, 6.45) is 1.40. The molecular weight excluding hydrogens is 288 g/mol. The lowest BCUT2D eigenvalue weighted by Crippen LogP contribution is -2.26.